The van der Waals surface area contributed by atoms with Crippen molar-refractivity contribution in [1.82, 2.24) is 19.8 Å². The first-order valence-corrected chi connectivity index (χ1v) is 8.07. The minimum Gasteiger partial charge on any atom is -0.325 e. The number of nitrogens with zero attached hydrogens (tertiary/aromatic N) is 3. The fraction of sp³-hybridized carbons (Fsp3) is 0.438. The van der Waals surface area contributed by atoms with Gasteiger partial charge in [0, 0.05) is 43.1 Å². The molecule has 0 aliphatic carbocycles. The van der Waals surface area contributed by atoms with Crippen molar-refractivity contribution in [2.24, 2.45) is 0 Å². The Bertz CT molecular complexity index is 686. The summed E-state index contributed by atoms with van der Waals surface area (Å²) in [5.41, 5.74) is 1.05. The normalized spacial score (nSPS) is 19.6. The van der Waals surface area contributed by atoms with E-state index >= 15 is 0 Å². The maximum Gasteiger partial charge on any atom is 0.406 e. The molecule has 0 spiro atoms. The third-order valence-electron chi connectivity index (χ3n) is 4.08. The molecular weight excluding hydrogens is 341 g/mol. The van der Waals surface area contributed by atoms with Crippen LogP contribution in [0.1, 0.15) is 17.4 Å². The van der Waals surface area contributed by atoms with Crippen LogP contribution < -0.4 is 5.32 Å². The van der Waals surface area contributed by atoms with E-state index in [0.29, 0.717) is 17.4 Å². The van der Waals surface area contributed by atoms with E-state index in [9.17, 15) is 13.2 Å². The first kappa shape index (κ1) is 17.3. The van der Waals surface area contributed by atoms with Crippen molar-refractivity contribution in [3.8, 4) is 0 Å². The molecule has 1 aromatic carbocycles. The number of benzene rings is 1. The van der Waals surface area contributed by atoms with E-state index < -0.39 is 12.7 Å². The summed E-state index contributed by atoms with van der Waals surface area (Å²) < 4.78 is 39.2. The van der Waals surface area contributed by atoms with Crippen LogP contribution in [0.2, 0.25) is 5.02 Å². The minimum absolute atomic E-state index is 0.0495. The number of hydrogen-bond acceptors (Lipinski definition) is 3. The van der Waals surface area contributed by atoms with Gasteiger partial charge in [-0.15, -0.1) is 0 Å². The Balaban J connectivity index is 1.79. The number of rotatable bonds is 4. The zero-order chi connectivity index (χ0) is 17.2. The molecule has 1 atom stereocenters. The summed E-state index contributed by atoms with van der Waals surface area (Å²) in [6, 6.07) is 7.62. The van der Waals surface area contributed by atoms with Crippen LogP contribution in [0.4, 0.5) is 13.2 Å². The van der Waals surface area contributed by atoms with Crippen molar-refractivity contribution >= 4 is 11.6 Å². The number of aromatic nitrogens is 2. The van der Waals surface area contributed by atoms with Gasteiger partial charge in [-0.3, -0.25) is 4.90 Å². The van der Waals surface area contributed by atoms with E-state index in [2.05, 4.69) is 15.2 Å². The van der Waals surface area contributed by atoms with Crippen molar-refractivity contribution in [2.45, 2.75) is 25.3 Å². The van der Waals surface area contributed by atoms with Crippen LogP contribution in [0.3, 0.4) is 0 Å². The molecule has 8 heteroatoms. The molecule has 1 unspecified atom stereocenters. The molecule has 1 N–H and O–H groups in total. The smallest absolute Gasteiger partial charge is 0.325 e. The standard InChI is InChI=1S/C16H18ClF3N4/c17-13-3-1-2-12(8-13)14-9-21-4-6-23(14)10-15-22-5-7-24(15)11-16(18,19)20/h1-3,5,7-8,14,21H,4,6,9-11H2. The van der Waals surface area contributed by atoms with Gasteiger partial charge < -0.3 is 9.88 Å². The van der Waals surface area contributed by atoms with Gasteiger partial charge in [0.1, 0.15) is 12.4 Å². The first-order valence-electron chi connectivity index (χ1n) is 7.69. The van der Waals surface area contributed by atoms with Crippen molar-refractivity contribution in [2.75, 3.05) is 19.6 Å². The fourth-order valence-electron chi connectivity index (χ4n) is 2.99. The van der Waals surface area contributed by atoms with E-state index in [4.69, 9.17) is 11.6 Å². The maximum atomic E-state index is 12.7. The minimum atomic E-state index is -4.26. The zero-order valence-corrected chi connectivity index (χ0v) is 13.7. The molecule has 24 heavy (non-hydrogen) atoms. The van der Waals surface area contributed by atoms with Crippen LogP contribution in [0.25, 0.3) is 0 Å². The molecule has 1 aliphatic heterocycles. The molecule has 1 aliphatic rings. The molecule has 0 radical (unpaired) electrons. The molecule has 1 aromatic heterocycles. The third kappa shape index (κ3) is 4.28. The Morgan fingerprint density at radius 1 is 1.33 bits per heavy atom. The zero-order valence-electron chi connectivity index (χ0n) is 12.9. The summed E-state index contributed by atoms with van der Waals surface area (Å²) in [6.45, 7) is 1.59. The quantitative estimate of drug-likeness (QED) is 0.910. The van der Waals surface area contributed by atoms with Gasteiger partial charge in [0.05, 0.1) is 6.54 Å². The molecule has 1 fully saturated rings. The summed E-state index contributed by atoms with van der Waals surface area (Å²) >= 11 is 6.07. The van der Waals surface area contributed by atoms with E-state index in [-0.39, 0.29) is 6.04 Å². The predicted molar refractivity (Wildman–Crippen MR) is 85.8 cm³/mol. The van der Waals surface area contributed by atoms with E-state index in [0.717, 1.165) is 29.8 Å². The van der Waals surface area contributed by atoms with Crippen molar-refractivity contribution in [1.29, 1.82) is 0 Å². The lowest BCUT2D eigenvalue weighted by Crippen LogP contribution is -2.45. The summed E-state index contributed by atoms with van der Waals surface area (Å²) in [7, 11) is 0. The Labute approximate surface area is 143 Å². The average Bonchev–Trinajstić information content (AvgIpc) is 2.93. The number of piperazine rings is 1. The second kappa shape index (κ2) is 7.13. The summed E-state index contributed by atoms with van der Waals surface area (Å²) in [5.74, 6) is 0.418. The van der Waals surface area contributed by atoms with Crippen LogP contribution in [0, 0.1) is 0 Å². The molecular formula is C16H18ClF3N4. The summed E-state index contributed by atoms with van der Waals surface area (Å²) in [5, 5.41) is 3.97. The predicted octanol–water partition coefficient (Wildman–Crippen LogP) is 3.25. The molecule has 130 valence electrons. The molecule has 0 bridgehead atoms. The lowest BCUT2D eigenvalue weighted by Gasteiger charge is -2.36. The lowest BCUT2D eigenvalue weighted by molar-refractivity contribution is -0.141. The highest BCUT2D eigenvalue weighted by Gasteiger charge is 2.30. The Hall–Kier alpha value is -1.57. The largest absolute Gasteiger partial charge is 0.406 e. The summed E-state index contributed by atoms with van der Waals surface area (Å²) in [4.78, 5) is 6.25. The van der Waals surface area contributed by atoms with Crippen LogP contribution >= 0.6 is 11.6 Å². The SMILES string of the molecule is FC(F)(F)Cn1ccnc1CN1CCNCC1c1cccc(Cl)c1. The second-order valence-corrected chi connectivity index (χ2v) is 6.27. The number of hydrogen-bond donors (Lipinski definition) is 1. The highest BCUT2D eigenvalue weighted by molar-refractivity contribution is 6.30. The molecule has 2 heterocycles. The van der Waals surface area contributed by atoms with Crippen LogP contribution in [-0.2, 0) is 13.1 Å². The number of nitrogens with one attached hydrogen (secondary N) is 1. The molecule has 4 nitrogen and oxygen atoms in total. The van der Waals surface area contributed by atoms with Gasteiger partial charge in [0.25, 0.3) is 0 Å². The van der Waals surface area contributed by atoms with Crippen LogP contribution in [-0.4, -0.2) is 40.3 Å². The summed E-state index contributed by atoms with van der Waals surface area (Å²) in [6.07, 6.45) is -1.47. The topological polar surface area (TPSA) is 33.1 Å². The van der Waals surface area contributed by atoms with Gasteiger partial charge >= 0.3 is 6.18 Å². The van der Waals surface area contributed by atoms with Gasteiger partial charge in [-0.25, -0.2) is 4.98 Å². The maximum absolute atomic E-state index is 12.7. The molecule has 2 aromatic rings. The Morgan fingerprint density at radius 2 is 2.17 bits per heavy atom. The third-order valence-corrected chi connectivity index (χ3v) is 4.32. The van der Waals surface area contributed by atoms with Gasteiger partial charge in [0.15, 0.2) is 0 Å². The Morgan fingerprint density at radius 3 is 2.92 bits per heavy atom. The van der Waals surface area contributed by atoms with Gasteiger partial charge in [0.2, 0.25) is 0 Å². The van der Waals surface area contributed by atoms with E-state index in [1.807, 2.05) is 24.3 Å². The van der Waals surface area contributed by atoms with Crippen molar-refractivity contribution in [3.05, 3.63) is 53.1 Å². The molecule has 1 saturated heterocycles. The molecule has 0 saturated carbocycles. The highest BCUT2D eigenvalue weighted by Crippen LogP contribution is 2.26. The van der Waals surface area contributed by atoms with Crippen molar-refractivity contribution < 1.29 is 13.2 Å². The van der Waals surface area contributed by atoms with Crippen LogP contribution in [0.15, 0.2) is 36.7 Å². The number of imidazole rings is 1. The van der Waals surface area contributed by atoms with E-state index in [1.165, 1.54) is 12.4 Å². The van der Waals surface area contributed by atoms with Gasteiger partial charge in [-0.05, 0) is 17.7 Å². The Kier molecular flexibility index (Phi) is 5.12. The second-order valence-electron chi connectivity index (χ2n) is 5.83. The van der Waals surface area contributed by atoms with Crippen LogP contribution in [0.5, 0.6) is 0 Å². The van der Waals surface area contributed by atoms with Gasteiger partial charge in [-0.1, -0.05) is 23.7 Å². The monoisotopic (exact) mass is 358 g/mol. The first-order chi connectivity index (χ1) is 11.4. The average molecular weight is 359 g/mol. The van der Waals surface area contributed by atoms with Gasteiger partial charge in [-0.2, -0.15) is 13.2 Å². The highest BCUT2D eigenvalue weighted by atomic mass is 35.5. The fourth-order valence-corrected chi connectivity index (χ4v) is 3.19. The number of alkyl halides is 3. The molecule has 3 rings (SSSR count). The van der Waals surface area contributed by atoms with E-state index in [1.54, 1.807) is 0 Å². The van der Waals surface area contributed by atoms with Crippen molar-refractivity contribution in [3.63, 3.8) is 0 Å². The molecule has 0 amide bonds. The number of halogens is 4. The lowest BCUT2D eigenvalue weighted by atomic mass is 10.0.